The van der Waals surface area contributed by atoms with Crippen LogP contribution in [0.4, 0.5) is 0 Å². The Morgan fingerprint density at radius 2 is 2.08 bits per heavy atom. The van der Waals surface area contributed by atoms with E-state index in [1.54, 1.807) is 0 Å². The molecular formula is C11H12ClN. The van der Waals surface area contributed by atoms with Gasteiger partial charge in [-0.1, -0.05) is 25.4 Å². The van der Waals surface area contributed by atoms with E-state index in [0.29, 0.717) is 5.92 Å². The van der Waals surface area contributed by atoms with E-state index in [2.05, 4.69) is 24.9 Å². The maximum absolute atomic E-state index is 6.13. The van der Waals surface area contributed by atoms with Crippen LogP contribution in [-0.4, -0.2) is 4.98 Å². The monoisotopic (exact) mass is 193 g/mol. The van der Waals surface area contributed by atoms with E-state index >= 15 is 0 Å². The number of hydrogen-bond donors (Lipinski definition) is 1. The molecule has 0 aliphatic carbocycles. The minimum absolute atomic E-state index is 0.519. The van der Waals surface area contributed by atoms with Crippen molar-refractivity contribution in [1.82, 2.24) is 4.98 Å². The van der Waals surface area contributed by atoms with Gasteiger partial charge < -0.3 is 4.98 Å². The highest BCUT2D eigenvalue weighted by Gasteiger charge is 2.05. The molecule has 1 nitrogen and oxygen atoms in total. The molecule has 0 radical (unpaired) electrons. The lowest BCUT2D eigenvalue weighted by atomic mass is 10.0. The van der Waals surface area contributed by atoms with Crippen molar-refractivity contribution in [2.45, 2.75) is 19.8 Å². The summed E-state index contributed by atoms with van der Waals surface area (Å²) in [4.78, 5) is 3.17. The average molecular weight is 194 g/mol. The summed E-state index contributed by atoms with van der Waals surface area (Å²) in [6.45, 7) is 4.33. The molecule has 1 aromatic carbocycles. The van der Waals surface area contributed by atoms with Crippen molar-refractivity contribution in [2.75, 3.05) is 0 Å². The highest BCUT2D eigenvalue weighted by atomic mass is 35.5. The first-order valence-corrected chi connectivity index (χ1v) is 4.83. The molecule has 0 saturated carbocycles. The van der Waals surface area contributed by atoms with Crippen LogP contribution in [0.25, 0.3) is 10.9 Å². The van der Waals surface area contributed by atoms with Crippen LogP contribution in [0.5, 0.6) is 0 Å². The van der Waals surface area contributed by atoms with E-state index in [0.717, 1.165) is 15.9 Å². The van der Waals surface area contributed by atoms with Crippen LogP contribution < -0.4 is 0 Å². The Bertz CT molecular complexity index is 429. The van der Waals surface area contributed by atoms with Crippen LogP contribution in [0.2, 0.25) is 5.02 Å². The first kappa shape index (κ1) is 8.64. The van der Waals surface area contributed by atoms with Gasteiger partial charge in [0.25, 0.3) is 0 Å². The first-order chi connectivity index (χ1) is 6.18. The van der Waals surface area contributed by atoms with Crippen molar-refractivity contribution >= 4 is 22.5 Å². The highest BCUT2D eigenvalue weighted by molar-refractivity contribution is 6.35. The maximum Gasteiger partial charge on any atom is 0.0502 e. The van der Waals surface area contributed by atoms with Gasteiger partial charge in [-0.25, -0.2) is 0 Å². The van der Waals surface area contributed by atoms with Crippen molar-refractivity contribution in [2.24, 2.45) is 0 Å². The number of halogens is 1. The molecule has 0 spiro atoms. The van der Waals surface area contributed by atoms with Gasteiger partial charge in [-0.05, 0) is 29.7 Å². The molecule has 0 aliphatic heterocycles. The third-order valence-electron chi connectivity index (χ3n) is 2.31. The van der Waals surface area contributed by atoms with Crippen LogP contribution in [0, 0.1) is 0 Å². The maximum atomic E-state index is 6.13. The van der Waals surface area contributed by atoms with Crippen LogP contribution >= 0.6 is 11.6 Å². The third kappa shape index (κ3) is 1.44. The van der Waals surface area contributed by atoms with E-state index in [9.17, 15) is 0 Å². The number of aromatic amines is 1. The zero-order valence-corrected chi connectivity index (χ0v) is 8.52. The number of hydrogen-bond acceptors (Lipinski definition) is 0. The summed E-state index contributed by atoms with van der Waals surface area (Å²) in [6, 6.07) is 6.20. The van der Waals surface area contributed by atoms with Gasteiger partial charge in [0, 0.05) is 17.1 Å². The number of nitrogens with one attached hydrogen (secondary N) is 1. The summed E-state index contributed by atoms with van der Waals surface area (Å²) in [5.74, 6) is 0.519. The zero-order chi connectivity index (χ0) is 9.42. The zero-order valence-electron chi connectivity index (χ0n) is 7.76. The fraction of sp³-hybridized carbons (Fsp3) is 0.273. The molecule has 2 aromatic rings. The van der Waals surface area contributed by atoms with Gasteiger partial charge in [0.2, 0.25) is 0 Å². The predicted octanol–water partition coefficient (Wildman–Crippen LogP) is 3.94. The fourth-order valence-electron chi connectivity index (χ4n) is 1.48. The van der Waals surface area contributed by atoms with E-state index in [1.165, 1.54) is 5.56 Å². The van der Waals surface area contributed by atoms with Crippen molar-refractivity contribution in [3.8, 4) is 0 Å². The van der Waals surface area contributed by atoms with Crippen molar-refractivity contribution in [1.29, 1.82) is 0 Å². The van der Waals surface area contributed by atoms with Crippen LogP contribution in [0.3, 0.4) is 0 Å². The summed E-state index contributed by atoms with van der Waals surface area (Å²) < 4.78 is 0. The summed E-state index contributed by atoms with van der Waals surface area (Å²) in [5.41, 5.74) is 2.40. The molecule has 0 saturated heterocycles. The molecular weight excluding hydrogens is 182 g/mol. The van der Waals surface area contributed by atoms with Gasteiger partial charge in [0.1, 0.15) is 0 Å². The number of fused-ring (bicyclic) bond motifs is 1. The topological polar surface area (TPSA) is 15.8 Å². The Morgan fingerprint density at radius 1 is 1.31 bits per heavy atom. The van der Waals surface area contributed by atoms with Gasteiger partial charge in [-0.15, -0.1) is 0 Å². The van der Waals surface area contributed by atoms with Gasteiger partial charge >= 0.3 is 0 Å². The van der Waals surface area contributed by atoms with Crippen molar-refractivity contribution in [3.05, 3.63) is 35.0 Å². The second-order valence-electron chi connectivity index (χ2n) is 3.60. The number of benzene rings is 1. The summed E-state index contributed by atoms with van der Waals surface area (Å²) >= 11 is 6.13. The SMILES string of the molecule is CC(C)c1cc(Cl)c2cc[nH]c2c1. The Morgan fingerprint density at radius 3 is 2.77 bits per heavy atom. The standard InChI is InChI=1S/C11H12ClN/c1-7(2)8-5-10(12)9-3-4-13-11(9)6-8/h3-7,13H,1-2H3. The van der Waals surface area contributed by atoms with Crippen LogP contribution in [0.1, 0.15) is 25.3 Å². The summed E-state index contributed by atoms with van der Waals surface area (Å²) in [7, 11) is 0. The minimum atomic E-state index is 0.519. The van der Waals surface area contributed by atoms with Crippen molar-refractivity contribution < 1.29 is 0 Å². The molecule has 1 heterocycles. The molecule has 0 bridgehead atoms. The first-order valence-electron chi connectivity index (χ1n) is 4.45. The molecule has 0 unspecified atom stereocenters. The van der Waals surface area contributed by atoms with E-state index in [1.807, 2.05) is 18.3 Å². The fourth-order valence-corrected chi connectivity index (χ4v) is 1.77. The largest absolute Gasteiger partial charge is 0.361 e. The number of rotatable bonds is 1. The lowest BCUT2D eigenvalue weighted by molar-refractivity contribution is 0.868. The molecule has 0 amide bonds. The van der Waals surface area contributed by atoms with E-state index in [4.69, 9.17) is 11.6 Å². The van der Waals surface area contributed by atoms with E-state index in [-0.39, 0.29) is 0 Å². The van der Waals surface area contributed by atoms with Crippen molar-refractivity contribution in [3.63, 3.8) is 0 Å². The quantitative estimate of drug-likeness (QED) is 0.706. The Labute approximate surface area is 82.7 Å². The molecule has 0 atom stereocenters. The van der Waals surface area contributed by atoms with Gasteiger partial charge in [0.05, 0.1) is 5.02 Å². The smallest absolute Gasteiger partial charge is 0.0502 e. The number of aromatic nitrogens is 1. The molecule has 1 aromatic heterocycles. The minimum Gasteiger partial charge on any atom is -0.361 e. The Hall–Kier alpha value is -0.950. The van der Waals surface area contributed by atoms with E-state index < -0.39 is 0 Å². The molecule has 13 heavy (non-hydrogen) atoms. The molecule has 1 N–H and O–H groups in total. The van der Waals surface area contributed by atoms with Crippen LogP contribution in [0.15, 0.2) is 24.4 Å². The Balaban J connectivity index is 2.70. The lowest BCUT2D eigenvalue weighted by Gasteiger charge is -2.06. The van der Waals surface area contributed by atoms with Gasteiger partial charge in [-0.3, -0.25) is 0 Å². The molecule has 2 heteroatoms. The predicted molar refractivity (Wildman–Crippen MR) is 57.4 cm³/mol. The lowest BCUT2D eigenvalue weighted by Crippen LogP contribution is -1.86. The summed E-state index contributed by atoms with van der Waals surface area (Å²) in [5, 5.41) is 1.94. The molecule has 68 valence electrons. The second-order valence-corrected chi connectivity index (χ2v) is 4.00. The highest BCUT2D eigenvalue weighted by Crippen LogP contribution is 2.27. The second kappa shape index (κ2) is 3.08. The normalized spacial score (nSPS) is 11.4. The average Bonchev–Trinajstić information content (AvgIpc) is 2.51. The van der Waals surface area contributed by atoms with Gasteiger partial charge in [-0.2, -0.15) is 0 Å². The molecule has 0 aliphatic rings. The molecule has 2 rings (SSSR count). The van der Waals surface area contributed by atoms with Crippen LogP contribution in [-0.2, 0) is 0 Å². The summed E-state index contributed by atoms with van der Waals surface area (Å²) in [6.07, 6.45) is 1.92. The third-order valence-corrected chi connectivity index (χ3v) is 2.62. The number of H-pyrrole nitrogens is 1. The Kier molecular flexibility index (Phi) is 2.04. The molecule has 0 fully saturated rings. The van der Waals surface area contributed by atoms with Gasteiger partial charge in [0.15, 0.2) is 0 Å².